The van der Waals surface area contributed by atoms with E-state index in [1.807, 2.05) is 6.07 Å². The van der Waals surface area contributed by atoms with Crippen LogP contribution in [-0.2, 0) is 12.8 Å². The maximum atomic E-state index is 6.29. The third kappa shape index (κ3) is 4.19. The van der Waals surface area contributed by atoms with Gasteiger partial charge in [-0.1, -0.05) is 51.8 Å². The summed E-state index contributed by atoms with van der Waals surface area (Å²) in [6, 6.07) is 15.1. The molecule has 0 fully saturated rings. The van der Waals surface area contributed by atoms with E-state index in [1.54, 1.807) is 0 Å². The van der Waals surface area contributed by atoms with Gasteiger partial charge in [0.2, 0.25) is 0 Å². The second kappa shape index (κ2) is 6.36. The maximum absolute atomic E-state index is 6.29. The molecule has 19 heavy (non-hydrogen) atoms. The number of nitrogens with two attached hydrogens (primary N) is 1. The number of hydrogen-bond acceptors (Lipinski definition) is 1. The van der Waals surface area contributed by atoms with Crippen molar-refractivity contribution in [1.82, 2.24) is 0 Å². The van der Waals surface area contributed by atoms with Gasteiger partial charge >= 0.3 is 0 Å². The molecule has 0 bridgehead atoms. The fourth-order valence-electron chi connectivity index (χ4n) is 2.34. The van der Waals surface area contributed by atoms with Gasteiger partial charge in [0.15, 0.2) is 0 Å². The number of benzene rings is 2. The zero-order chi connectivity index (χ0) is 13.8. The summed E-state index contributed by atoms with van der Waals surface area (Å²) in [6.45, 7) is 4.28. The molecule has 2 aromatic carbocycles. The Morgan fingerprint density at radius 1 is 1.05 bits per heavy atom. The lowest BCUT2D eigenvalue weighted by atomic mass is 9.96. The van der Waals surface area contributed by atoms with Gasteiger partial charge in [0.25, 0.3) is 0 Å². The Kier molecular flexibility index (Phi) is 4.78. The van der Waals surface area contributed by atoms with Crippen molar-refractivity contribution >= 4 is 15.9 Å². The summed E-state index contributed by atoms with van der Waals surface area (Å²) in [5.41, 5.74) is 11.6. The molecule has 1 atom stereocenters. The lowest BCUT2D eigenvalue weighted by Gasteiger charge is -2.14. The molecule has 2 heteroatoms. The van der Waals surface area contributed by atoms with E-state index >= 15 is 0 Å². The second-order valence-corrected chi connectivity index (χ2v) is 6.14. The lowest BCUT2D eigenvalue weighted by molar-refractivity contribution is 0.662. The fraction of sp³-hybridized carbons (Fsp3) is 0.294. The molecular weight excluding hydrogens is 298 g/mol. The Bertz CT molecular complexity index is 563. The molecule has 2 aromatic rings. The van der Waals surface area contributed by atoms with Gasteiger partial charge in [-0.05, 0) is 55.5 Å². The van der Waals surface area contributed by atoms with Crippen LogP contribution in [0, 0.1) is 13.8 Å². The monoisotopic (exact) mass is 317 g/mol. The Labute approximate surface area is 124 Å². The molecule has 0 aliphatic rings. The van der Waals surface area contributed by atoms with Crippen LogP contribution >= 0.6 is 15.9 Å². The van der Waals surface area contributed by atoms with Gasteiger partial charge in [-0.25, -0.2) is 0 Å². The fourth-order valence-corrected chi connectivity index (χ4v) is 2.79. The third-order valence-corrected chi connectivity index (χ3v) is 3.87. The molecule has 100 valence electrons. The van der Waals surface area contributed by atoms with Crippen molar-refractivity contribution in [1.29, 1.82) is 0 Å². The van der Waals surface area contributed by atoms with Crippen LogP contribution in [0.1, 0.15) is 22.3 Å². The highest BCUT2D eigenvalue weighted by molar-refractivity contribution is 9.10. The third-order valence-electron chi connectivity index (χ3n) is 3.37. The van der Waals surface area contributed by atoms with E-state index in [4.69, 9.17) is 5.73 Å². The highest BCUT2D eigenvalue weighted by Crippen LogP contribution is 2.16. The zero-order valence-corrected chi connectivity index (χ0v) is 13.1. The van der Waals surface area contributed by atoms with Crippen molar-refractivity contribution in [2.24, 2.45) is 5.73 Å². The van der Waals surface area contributed by atoms with E-state index in [2.05, 4.69) is 66.2 Å². The molecule has 0 saturated heterocycles. The Hall–Kier alpha value is -1.12. The van der Waals surface area contributed by atoms with Gasteiger partial charge in [-0.2, -0.15) is 0 Å². The van der Waals surface area contributed by atoms with E-state index in [9.17, 15) is 0 Å². The van der Waals surface area contributed by atoms with Crippen LogP contribution in [0.15, 0.2) is 46.9 Å². The minimum Gasteiger partial charge on any atom is -0.327 e. The predicted molar refractivity (Wildman–Crippen MR) is 85.4 cm³/mol. The molecule has 0 aliphatic heterocycles. The van der Waals surface area contributed by atoms with Crippen LogP contribution in [0.3, 0.4) is 0 Å². The summed E-state index contributed by atoms with van der Waals surface area (Å²) in [7, 11) is 0. The van der Waals surface area contributed by atoms with Gasteiger partial charge in [0.05, 0.1) is 0 Å². The smallest absolute Gasteiger partial charge is 0.0178 e. The Balaban J connectivity index is 2.05. The first-order valence-electron chi connectivity index (χ1n) is 6.61. The molecule has 0 aliphatic carbocycles. The Morgan fingerprint density at radius 2 is 1.84 bits per heavy atom. The number of rotatable bonds is 4. The largest absolute Gasteiger partial charge is 0.327 e. The number of halogens is 1. The standard InChI is InChI=1S/C17H20BrN/c1-12-6-7-13(2)15(8-12)11-17(19)10-14-4-3-5-16(18)9-14/h3-9,17H,10-11,19H2,1-2H3. The molecule has 0 saturated carbocycles. The molecule has 0 heterocycles. The maximum Gasteiger partial charge on any atom is 0.0178 e. The highest BCUT2D eigenvalue weighted by atomic mass is 79.9. The minimum atomic E-state index is 0.162. The molecule has 2 N–H and O–H groups in total. The van der Waals surface area contributed by atoms with Crippen LogP contribution < -0.4 is 5.73 Å². The average Bonchev–Trinajstić information content (AvgIpc) is 2.34. The van der Waals surface area contributed by atoms with Crippen LogP contribution in [0.2, 0.25) is 0 Å². The number of aryl methyl sites for hydroxylation is 2. The quantitative estimate of drug-likeness (QED) is 0.899. The molecular formula is C17H20BrN. The van der Waals surface area contributed by atoms with Crippen molar-refractivity contribution in [2.75, 3.05) is 0 Å². The molecule has 0 radical (unpaired) electrons. The first-order valence-corrected chi connectivity index (χ1v) is 7.40. The minimum absolute atomic E-state index is 0.162. The molecule has 2 rings (SSSR count). The van der Waals surface area contributed by atoms with Gasteiger partial charge < -0.3 is 5.73 Å². The van der Waals surface area contributed by atoms with E-state index in [0.717, 1.165) is 17.3 Å². The molecule has 0 spiro atoms. The van der Waals surface area contributed by atoms with Gasteiger partial charge in [0.1, 0.15) is 0 Å². The predicted octanol–water partition coefficient (Wildman–Crippen LogP) is 4.18. The normalized spacial score (nSPS) is 12.4. The molecule has 1 unspecified atom stereocenters. The summed E-state index contributed by atoms with van der Waals surface area (Å²) < 4.78 is 1.11. The van der Waals surface area contributed by atoms with E-state index in [0.29, 0.717) is 0 Å². The van der Waals surface area contributed by atoms with Crippen molar-refractivity contribution in [3.05, 3.63) is 69.2 Å². The van der Waals surface area contributed by atoms with Gasteiger partial charge in [0, 0.05) is 10.5 Å². The summed E-state index contributed by atoms with van der Waals surface area (Å²) in [4.78, 5) is 0. The second-order valence-electron chi connectivity index (χ2n) is 5.23. The summed E-state index contributed by atoms with van der Waals surface area (Å²) in [5.74, 6) is 0. The average molecular weight is 318 g/mol. The van der Waals surface area contributed by atoms with Crippen molar-refractivity contribution < 1.29 is 0 Å². The van der Waals surface area contributed by atoms with E-state index in [1.165, 1.54) is 22.3 Å². The SMILES string of the molecule is Cc1ccc(C)c(CC(N)Cc2cccc(Br)c2)c1. The van der Waals surface area contributed by atoms with Crippen LogP contribution in [0.25, 0.3) is 0 Å². The van der Waals surface area contributed by atoms with Crippen LogP contribution in [-0.4, -0.2) is 6.04 Å². The highest BCUT2D eigenvalue weighted by Gasteiger charge is 2.08. The van der Waals surface area contributed by atoms with Crippen molar-refractivity contribution in [3.63, 3.8) is 0 Å². The summed E-state index contributed by atoms with van der Waals surface area (Å²) in [6.07, 6.45) is 1.84. The summed E-state index contributed by atoms with van der Waals surface area (Å²) >= 11 is 3.50. The lowest BCUT2D eigenvalue weighted by Crippen LogP contribution is -2.25. The first-order chi connectivity index (χ1) is 9.04. The van der Waals surface area contributed by atoms with E-state index < -0.39 is 0 Å². The summed E-state index contributed by atoms with van der Waals surface area (Å²) in [5, 5.41) is 0. The van der Waals surface area contributed by atoms with Crippen LogP contribution in [0.5, 0.6) is 0 Å². The first kappa shape index (κ1) is 14.3. The number of hydrogen-bond donors (Lipinski definition) is 1. The topological polar surface area (TPSA) is 26.0 Å². The molecule has 0 amide bonds. The van der Waals surface area contributed by atoms with E-state index in [-0.39, 0.29) is 6.04 Å². The zero-order valence-electron chi connectivity index (χ0n) is 11.5. The van der Waals surface area contributed by atoms with Crippen LogP contribution in [0.4, 0.5) is 0 Å². The van der Waals surface area contributed by atoms with Crippen molar-refractivity contribution in [3.8, 4) is 0 Å². The molecule has 1 nitrogen and oxygen atoms in total. The van der Waals surface area contributed by atoms with Crippen molar-refractivity contribution in [2.45, 2.75) is 32.7 Å². The van der Waals surface area contributed by atoms with Gasteiger partial charge in [-0.15, -0.1) is 0 Å². The Morgan fingerprint density at radius 3 is 2.58 bits per heavy atom. The van der Waals surface area contributed by atoms with Gasteiger partial charge in [-0.3, -0.25) is 0 Å². The molecule has 0 aromatic heterocycles.